The van der Waals surface area contributed by atoms with Gasteiger partial charge in [0, 0.05) is 0 Å². The molecule has 25 heavy (non-hydrogen) atoms. The second kappa shape index (κ2) is 13.5. The zero-order valence-corrected chi connectivity index (χ0v) is 15.9. The quantitative estimate of drug-likeness (QED) is 0.369. The van der Waals surface area contributed by atoms with Crippen LogP contribution in [0, 0.1) is 0 Å². The van der Waals surface area contributed by atoms with Crippen molar-refractivity contribution >= 4 is 35.6 Å². The zero-order chi connectivity index (χ0) is 19.2. The maximum absolute atomic E-state index is 12.1. The summed E-state index contributed by atoms with van der Waals surface area (Å²) in [5, 5.41) is -1.97. The van der Waals surface area contributed by atoms with Crippen LogP contribution in [0.1, 0.15) is 40.5 Å². The topological polar surface area (TPSA) is 105 Å². The Labute approximate surface area is 151 Å². The Morgan fingerprint density at radius 2 is 0.960 bits per heavy atom. The maximum atomic E-state index is 12.1. The molecular formula is C16H26O8S. The number of esters is 4. The molecule has 0 aliphatic rings. The van der Waals surface area contributed by atoms with Crippen molar-refractivity contribution in [2.75, 3.05) is 26.4 Å². The van der Waals surface area contributed by atoms with Gasteiger partial charge in [-0.25, -0.2) is 0 Å². The van der Waals surface area contributed by atoms with Crippen molar-refractivity contribution in [3.8, 4) is 0 Å². The molecule has 0 aromatic heterocycles. The molecule has 0 spiro atoms. The van der Waals surface area contributed by atoms with Gasteiger partial charge < -0.3 is 18.9 Å². The van der Waals surface area contributed by atoms with E-state index in [1.165, 1.54) is 0 Å². The molecule has 0 aliphatic carbocycles. The first-order valence-electron chi connectivity index (χ1n) is 8.19. The van der Waals surface area contributed by atoms with E-state index in [2.05, 4.69) is 0 Å². The predicted molar refractivity (Wildman–Crippen MR) is 90.9 cm³/mol. The molecule has 0 aliphatic heterocycles. The van der Waals surface area contributed by atoms with E-state index in [1.54, 1.807) is 27.7 Å². The number of hydrogen-bond acceptors (Lipinski definition) is 9. The third kappa shape index (κ3) is 9.96. The Morgan fingerprint density at radius 1 is 0.640 bits per heavy atom. The van der Waals surface area contributed by atoms with Crippen molar-refractivity contribution in [1.29, 1.82) is 0 Å². The average Bonchev–Trinajstić information content (AvgIpc) is 2.54. The van der Waals surface area contributed by atoms with Crippen molar-refractivity contribution in [3.63, 3.8) is 0 Å². The Morgan fingerprint density at radius 3 is 1.24 bits per heavy atom. The summed E-state index contributed by atoms with van der Waals surface area (Å²) in [6, 6.07) is 0. The molecule has 0 unspecified atom stereocenters. The van der Waals surface area contributed by atoms with Crippen LogP contribution in [0.15, 0.2) is 0 Å². The first-order chi connectivity index (χ1) is 11.9. The maximum Gasteiger partial charge on any atom is 0.319 e. The molecule has 2 atom stereocenters. The van der Waals surface area contributed by atoms with Crippen molar-refractivity contribution in [2.24, 2.45) is 0 Å². The molecule has 0 N–H and O–H groups in total. The van der Waals surface area contributed by atoms with Gasteiger partial charge in [0.2, 0.25) is 0 Å². The van der Waals surface area contributed by atoms with Crippen LogP contribution in [0.3, 0.4) is 0 Å². The highest BCUT2D eigenvalue weighted by Crippen LogP contribution is 2.26. The van der Waals surface area contributed by atoms with E-state index in [-0.39, 0.29) is 39.3 Å². The molecule has 144 valence electrons. The fraction of sp³-hybridized carbons (Fsp3) is 0.750. The van der Waals surface area contributed by atoms with Crippen molar-refractivity contribution in [2.45, 2.75) is 51.0 Å². The van der Waals surface area contributed by atoms with E-state index in [1.807, 2.05) is 0 Å². The average molecular weight is 378 g/mol. The van der Waals surface area contributed by atoms with Crippen LogP contribution >= 0.6 is 11.8 Å². The third-order valence-corrected chi connectivity index (χ3v) is 4.12. The Bertz CT molecular complexity index is 411. The lowest BCUT2D eigenvalue weighted by Crippen LogP contribution is -2.32. The normalized spacial score (nSPS) is 12.6. The van der Waals surface area contributed by atoms with Gasteiger partial charge in [-0.2, -0.15) is 0 Å². The zero-order valence-electron chi connectivity index (χ0n) is 15.1. The molecule has 0 saturated heterocycles. The fourth-order valence-corrected chi connectivity index (χ4v) is 3.00. The highest BCUT2D eigenvalue weighted by atomic mass is 32.2. The molecule has 0 bridgehead atoms. The summed E-state index contributed by atoms with van der Waals surface area (Å²) < 4.78 is 19.6. The lowest BCUT2D eigenvalue weighted by molar-refractivity contribution is -0.150. The van der Waals surface area contributed by atoms with Gasteiger partial charge in [0.05, 0.1) is 39.3 Å². The third-order valence-electron chi connectivity index (χ3n) is 2.74. The largest absolute Gasteiger partial charge is 0.466 e. The number of hydrogen-bond donors (Lipinski definition) is 0. The van der Waals surface area contributed by atoms with Gasteiger partial charge in [0.1, 0.15) is 10.5 Å². The second-order valence-electron chi connectivity index (χ2n) is 4.64. The molecule has 0 rings (SSSR count). The summed E-state index contributed by atoms with van der Waals surface area (Å²) in [5.41, 5.74) is 0. The number of thioether (sulfide) groups is 1. The minimum atomic E-state index is -0.983. The van der Waals surface area contributed by atoms with Crippen LogP contribution < -0.4 is 0 Å². The molecule has 0 radical (unpaired) electrons. The van der Waals surface area contributed by atoms with Gasteiger partial charge in [-0.1, -0.05) is 0 Å². The van der Waals surface area contributed by atoms with Gasteiger partial charge in [0.25, 0.3) is 0 Å². The highest BCUT2D eigenvalue weighted by Gasteiger charge is 2.33. The van der Waals surface area contributed by atoms with E-state index in [9.17, 15) is 19.2 Å². The van der Waals surface area contributed by atoms with Gasteiger partial charge >= 0.3 is 23.9 Å². The minimum absolute atomic E-state index is 0.126. The number of rotatable bonds is 12. The first kappa shape index (κ1) is 23.2. The smallest absolute Gasteiger partial charge is 0.319 e. The van der Waals surface area contributed by atoms with E-state index in [0.29, 0.717) is 0 Å². The van der Waals surface area contributed by atoms with Gasteiger partial charge in [-0.15, -0.1) is 11.8 Å². The van der Waals surface area contributed by atoms with Gasteiger partial charge in [-0.3, -0.25) is 19.2 Å². The lowest BCUT2D eigenvalue weighted by atomic mass is 10.3. The summed E-state index contributed by atoms with van der Waals surface area (Å²) in [6.45, 7) is 7.14. The van der Waals surface area contributed by atoms with E-state index < -0.39 is 34.4 Å². The molecule has 9 heteroatoms. The van der Waals surface area contributed by atoms with Gasteiger partial charge in [-0.05, 0) is 27.7 Å². The van der Waals surface area contributed by atoms with Crippen LogP contribution in [0.25, 0.3) is 0 Å². The number of ether oxygens (including phenoxy) is 4. The Balaban J connectivity index is 5.18. The molecule has 0 aromatic rings. The van der Waals surface area contributed by atoms with Crippen LogP contribution in [0.5, 0.6) is 0 Å². The standard InChI is InChI=1S/C16H26O8S/c1-5-21-13(17)9-11(15(19)23-7-3)25-12(16(20)24-8-4)10-14(18)22-6-2/h11-12H,5-10H2,1-4H3/t11-,12-/m1/s1. The van der Waals surface area contributed by atoms with Crippen molar-refractivity contribution in [3.05, 3.63) is 0 Å². The summed E-state index contributed by atoms with van der Waals surface area (Å²) in [6.07, 6.45) is -0.536. The molecule has 0 saturated carbocycles. The summed E-state index contributed by atoms with van der Waals surface area (Å²) in [4.78, 5) is 47.6. The van der Waals surface area contributed by atoms with Gasteiger partial charge in [0.15, 0.2) is 0 Å². The van der Waals surface area contributed by atoms with Crippen LogP contribution in [0.4, 0.5) is 0 Å². The molecule has 0 fully saturated rings. The number of carbonyl (C=O) groups excluding carboxylic acids is 4. The molecule has 0 heterocycles. The summed E-state index contributed by atoms with van der Waals surface area (Å²) >= 11 is 0.844. The number of carbonyl (C=O) groups is 4. The Hall–Kier alpha value is -1.77. The van der Waals surface area contributed by atoms with Crippen LogP contribution in [-0.2, 0) is 38.1 Å². The monoisotopic (exact) mass is 378 g/mol. The van der Waals surface area contributed by atoms with Crippen LogP contribution in [0.2, 0.25) is 0 Å². The van der Waals surface area contributed by atoms with Crippen molar-refractivity contribution < 1.29 is 38.1 Å². The fourth-order valence-electron chi connectivity index (χ4n) is 1.79. The second-order valence-corrected chi connectivity index (χ2v) is 6.05. The van der Waals surface area contributed by atoms with E-state index >= 15 is 0 Å². The summed E-state index contributed by atoms with van der Waals surface area (Å²) in [7, 11) is 0. The molecular weight excluding hydrogens is 352 g/mol. The highest BCUT2D eigenvalue weighted by molar-refractivity contribution is 8.01. The van der Waals surface area contributed by atoms with Crippen molar-refractivity contribution in [1.82, 2.24) is 0 Å². The van der Waals surface area contributed by atoms with E-state index in [4.69, 9.17) is 18.9 Å². The Kier molecular flexibility index (Phi) is 12.6. The molecule has 8 nitrogen and oxygen atoms in total. The summed E-state index contributed by atoms with van der Waals surface area (Å²) in [5.74, 6) is -2.49. The first-order valence-corrected chi connectivity index (χ1v) is 9.13. The molecule has 0 aromatic carbocycles. The SMILES string of the molecule is CCOC(=O)C[C@@H](S[C@H](CC(=O)OCC)C(=O)OCC)C(=O)OCC. The van der Waals surface area contributed by atoms with E-state index in [0.717, 1.165) is 11.8 Å². The molecule has 0 amide bonds. The predicted octanol–water partition coefficient (Wildman–Crippen LogP) is 1.49. The lowest BCUT2D eigenvalue weighted by Gasteiger charge is -2.20. The van der Waals surface area contributed by atoms with Crippen LogP contribution in [-0.4, -0.2) is 60.8 Å². The minimum Gasteiger partial charge on any atom is -0.466 e.